The number of nitrogens with one attached hydrogen (secondary N) is 2. The van der Waals surface area contributed by atoms with Crippen LogP contribution in [0.5, 0.6) is 0 Å². The third-order valence-electron chi connectivity index (χ3n) is 5.84. The van der Waals surface area contributed by atoms with E-state index in [1.807, 2.05) is 49.7 Å². The van der Waals surface area contributed by atoms with E-state index in [1.165, 1.54) is 0 Å². The summed E-state index contributed by atoms with van der Waals surface area (Å²) in [4.78, 5) is 26.0. The topological polar surface area (TPSA) is 86.9 Å². The van der Waals surface area contributed by atoms with Crippen LogP contribution in [0, 0.1) is 23.2 Å². The van der Waals surface area contributed by atoms with Crippen molar-refractivity contribution in [3.63, 3.8) is 0 Å². The second-order valence-corrected chi connectivity index (χ2v) is 9.50. The van der Waals surface area contributed by atoms with E-state index < -0.39 is 6.04 Å². The monoisotopic (exact) mass is 472 g/mol. The van der Waals surface area contributed by atoms with Gasteiger partial charge in [0, 0.05) is 28.5 Å². The lowest BCUT2D eigenvalue weighted by Gasteiger charge is -2.32. The van der Waals surface area contributed by atoms with Gasteiger partial charge in [-0.3, -0.25) is 9.59 Å². The minimum atomic E-state index is -0.493. The van der Waals surface area contributed by atoms with Gasteiger partial charge in [-0.1, -0.05) is 48.7 Å². The molecular weight excluding hydrogens is 444 g/mol. The maximum absolute atomic E-state index is 13.1. The van der Waals surface area contributed by atoms with E-state index in [0.717, 1.165) is 41.1 Å². The van der Waals surface area contributed by atoms with Crippen molar-refractivity contribution >= 4 is 38.6 Å². The highest BCUT2D eigenvalue weighted by Crippen LogP contribution is 2.27. The first-order chi connectivity index (χ1) is 14.3. The second kappa shape index (κ2) is 9.65. The number of aromatic nitrogens is 1. The summed E-state index contributed by atoms with van der Waals surface area (Å²) in [5, 5.41) is 16.3. The van der Waals surface area contributed by atoms with Crippen LogP contribution in [0.2, 0.25) is 0 Å². The molecule has 3 rings (SSSR count). The Bertz CT molecular complexity index is 975. The molecule has 1 saturated carbocycles. The fraction of sp³-hybridized carbons (Fsp3) is 0.522. The molecule has 0 radical (unpaired) electrons. The summed E-state index contributed by atoms with van der Waals surface area (Å²) in [7, 11) is 1.87. The van der Waals surface area contributed by atoms with Crippen LogP contribution in [-0.2, 0) is 11.8 Å². The first-order valence-electron chi connectivity index (χ1n) is 10.6. The Balaban J connectivity index is 1.74. The van der Waals surface area contributed by atoms with E-state index in [9.17, 15) is 14.9 Å². The molecule has 2 aromatic rings. The predicted octanol–water partition coefficient (Wildman–Crippen LogP) is 4.28. The van der Waals surface area contributed by atoms with E-state index in [2.05, 4.69) is 32.6 Å². The summed E-state index contributed by atoms with van der Waals surface area (Å²) < 4.78 is 2.84. The standard InChI is InChI=1S/C23H29BrN4O2/c1-14(2)10-17(13-25)26-22(29)18-6-4-5-7-19(18)27-23(30)21-11-15-8-9-16(24)12-20(15)28(21)3/h8-9,11-12,14,17-19H,4-7,10H2,1-3H3,(H,26,29)(H,27,30). The molecule has 7 heteroatoms. The van der Waals surface area contributed by atoms with Crippen LogP contribution in [0.4, 0.5) is 0 Å². The van der Waals surface area contributed by atoms with Gasteiger partial charge in [0.25, 0.3) is 5.91 Å². The maximum atomic E-state index is 13.1. The van der Waals surface area contributed by atoms with Crippen molar-refractivity contribution in [2.75, 3.05) is 0 Å². The third kappa shape index (κ3) is 5.04. The van der Waals surface area contributed by atoms with Gasteiger partial charge < -0.3 is 15.2 Å². The Morgan fingerprint density at radius 1 is 1.27 bits per heavy atom. The molecule has 1 aliphatic rings. The van der Waals surface area contributed by atoms with Crippen LogP contribution >= 0.6 is 15.9 Å². The quantitative estimate of drug-likeness (QED) is 0.657. The molecule has 2 N–H and O–H groups in total. The molecule has 1 heterocycles. The van der Waals surface area contributed by atoms with Gasteiger partial charge in [-0.2, -0.15) is 5.26 Å². The Labute approximate surface area is 186 Å². The zero-order valence-corrected chi connectivity index (χ0v) is 19.3. The normalized spacial score (nSPS) is 20.0. The number of nitriles is 1. The van der Waals surface area contributed by atoms with Crippen LogP contribution in [-0.4, -0.2) is 28.5 Å². The number of rotatable bonds is 6. The van der Waals surface area contributed by atoms with Crippen molar-refractivity contribution < 1.29 is 9.59 Å². The average molecular weight is 473 g/mol. The lowest BCUT2D eigenvalue weighted by atomic mass is 9.83. The Kier molecular flexibility index (Phi) is 7.19. The molecule has 30 heavy (non-hydrogen) atoms. The zero-order chi connectivity index (χ0) is 21.8. The minimum absolute atomic E-state index is 0.131. The minimum Gasteiger partial charge on any atom is -0.347 e. The van der Waals surface area contributed by atoms with E-state index in [0.29, 0.717) is 18.0 Å². The van der Waals surface area contributed by atoms with Crippen LogP contribution < -0.4 is 10.6 Å². The van der Waals surface area contributed by atoms with E-state index in [-0.39, 0.29) is 23.8 Å². The number of aryl methyl sites for hydroxylation is 1. The third-order valence-corrected chi connectivity index (χ3v) is 6.33. The van der Waals surface area contributed by atoms with Gasteiger partial charge in [0.15, 0.2) is 0 Å². The van der Waals surface area contributed by atoms with Gasteiger partial charge in [-0.25, -0.2) is 0 Å². The highest BCUT2D eigenvalue weighted by atomic mass is 79.9. The first kappa shape index (κ1) is 22.4. The molecule has 0 spiro atoms. The molecule has 6 nitrogen and oxygen atoms in total. The summed E-state index contributed by atoms with van der Waals surface area (Å²) in [5.74, 6) is -0.292. The molecule has 160 valence electrons. The van der Waals surface area contributed by atoms with Crippen LogP contribution in [0.1, 0.15) is 56.4 Å². The highest BCUT2D eigenvalue weighted by molar-refractivity contribution is 9.10. The fourth-order valence-corrected chi connectivity index (χ4v) is 4.62. The van der Waals surface area contributed by atoms with Crippen molar-refractivity contribution in [3.05, 3.63) is 34.4 Å². The molecule has 3 atom stereocenters. The smallest absolute Gasteiger partial charge is 0.268 e. The van der Waals surface area contributed by atoms with Crippen molar-refractivity contribution in [1.29, 1.82) is 5.26 Å². The van der Waals surface area contributed by atoms with Crippen molar-refractivity contribution in [2.45, 2.75) is 58.0 Å². The SMILES string of the molecule is CC(C)CC(C#N)NC(=O)C1CCCCC1NC(=O)c1cc2ccc(Br)cc2n1C. The van der Waals surface area contributed by atoms with E-state index >= 15 is 0 Å². The molecular formula is C23H29BrN4O2. The fourth-order valence-electron chi connectivity index (χ4n) is 4.27. The van der Waals surface area contributed by atoms with Crippen molar-refractivity contribution in [3.8, 4) is 6.07 Å². The van der Waals surface area contributed by atoms with E-state index in [1.54, 1.807) is 0 Å². The summed E-state index contributed by atoms with van der Waals surface area (Å²) >= 11 is 3.48. The summed E-state index contributed by atoms with van der Waals surface area (Å²) in [6.45, 7) is 4.06. The van der Waals surface area contributed by atoms with Gasteiger partial charge in [-0.15, -0.1) is 0 Å². The molecule has 0 aliphatic heterocycles. The molecule has 2 amide bonds. The predicted molar refractivity (Wildman–Crippen MR) is 121 cm³/mol. The largest absolute Gasteiger partial charge is 0.347 e. The van der Waals surface area contributed by atoms with Crippen molar-refractivity contribution in [1.82, 2.24) is 15.2 Å². The molecule has 1 aromatic heterocycles. The molecule has 3 unspecified atom stereocenters. The number of amides is 2. The zero-order valence-electron chi connectivity index (χ0n) is 17.7. The number of carbonyl (C=O) groups excluding carboxylic acids is 2. The van der Waals surface area contributed by atoms with Gasteiger partial charge in [0.2, 0.25) is 5.91 Å². The number of fused-ring (bicyclic) bond motifs is 1. The van der Waals surface area contributed by atoms with E-state index in [4.69, 9.17) is 0 Å². The number of halogens is 1. The lowest BCUT2D eigenvalue weighted by molar-refractivity contribution is -0.127. The lowest BCUT2D eigenvalue weighted by Crippen LogP contribution is -2.50. The Morgan fingerprint density at radius 3 is 2.70 bits per heavy atom. The Morgan fingerprint density at radius 2 is 2.00 bits per heavy atom. The van der Waals surface area contributed by atoms with Crippen LogP contribution in [0.25, 0.3) is 10.9 Å². The van der Waals surface area contributed by atoms with Gasteiger partial charge in [0.1, 0.15) is 11.7 Å². The maximum Gasteiger partial charge on any atom is 0.268 e. The molecule has 0 saturated heterocycles. The van der Waals surface area contributed by atoms with Gasteiger partial charge in [0.05, 0.1) is 12.0 Å². The van der Waals surface area contributed by atoms with Crippen LogP contribution in [0.15, 0.2) is 28.7 Å². The number of nitrogens with zero attached hydrogens (tertiary/aromatic N) is 2. The average Bonchev–Trinajstić information content (AvgIpc) is 3.03. The van der Waals surface area contributed by atoms with Crippen molar-refractivity contribution in [2.24, 2.45) is 18.9 Å². The molecule has 0 bridgehead atoms. The number of hydrogen-bond donors (Lipinski definition) is 2. The summed E-state index contributed by atoms with van der Waals surface area (Å²) in [6, 6.07) is 9.26. The summed E-state index contributed by atoms with van der Waals surface area (Å²) in [5.41, 5.74) is 1.54. The van der Waals surface area contributed by atoms with Crippen LogP contribution in [0.3, 0.4) is 0 Å². The van der Waals surface area contributed by atoms with Gasteiger partial charge >= 0.3 is 0 Å². The highest BCUT2D eigenvalue weighted by Gasteiger charge is 2.33. The Hall–Kier alpha value is -2.33. The molecule has 1 aliphatic carbocycles. The first-order valence-corrected chi connectivity index (χ1v) is 11.3. The number of carbonyl (C=O) groups is 2. The summed E-state index contributed by atoms with van der Waals surface area (Å²) in [6.07, 6.45) is 4.04. The number of hydrogen-bond acceptors (Lipinski definition) is 3. The molecule has 1 fully saturated rings. The number of benzene rings is 1. The molecule has 1 aromatic carbocycles. The van der Waals surface area contributed by atoms with Gasteiger partial charge in [-0.05, 0) is 43.4 Å². The second-order valence-electron chi connectivity index (χ2n) is 8.58.